The Hall–Kier alpha value is -7.36. The Kier molecular flexibility index (Phi) is 9.78. The van der Waals surface area contributed by atoms with Gasteiger partial charge in [0.05, 0.1) is 48.1 Å². The van der Waals surface area contributed by atoms with E-state index in [-0.39, 0.29) is 11.6 Å². The lowest BCUT2D eigenvalue weighted by Gasteiger charge is -2.13. The number of rotatable bonds is 8. The molecule has 284 valence electrons. The number of carbonyl (C=O) groups is 2. The van der Waals surface area contributed by atoms with Crippen LogP contribution < -0.4 is 9.47 Å². The maximum atomic E-state index is 12.7. The molecule has 1 amide bonds. The summed E-state index contributed by atoms with van der Waals surface area (Å²) in [6, 6.07) is 18.5. The van der Waals surface area contributed by atoms with Crippen LogP contribution in [0.1, 0.15) is 43.8 Å². The summed E-state index contributed by atoms with van der Waals surface area (Å²) in [5.41, 5.74) is 9.39. The van der Waals surface area contributed by atoms with Crippen molar-refractivity contribution in [1.82, 2.24) is 53.7 Å². The third kappa shape index (κ3) is 6.68. The Morgan fingerprint density at radius 3 is 1.50 bits per heavy atom. The third-order valence-corrected chi connectivity index (χ3v) is 9.08. The molecule has 0 saturated carbocycles. The zero-order valence-electron chi connectivity index (χ0n) is 32.1. The Bertz CT molecular complexity index is 2750. The second-order valence-electron chi connectivity index (χ2n) is 13.1. The number of nitrogens with zero attached hydrogens (tertiary/aromatic N) is 11. The molecule has 0 aliphatic rings. The second-order valence-corrected chi connectivity index (χ2v) is 13.1. The van der Waals surface area contributed by atoms with Gasteiger partial charge < -0.3 is 19.5 Å². The highest BCUT2D eigenvalue weighted by Crippen LogP contribution is 2.38. The maximum absolute atomic E-state index is 12.7. The lowest BCUT2D eigenvalue weighted by atomic mass is 10.0. The highest BCUT2D eigenvalue weighted by atomic mass is 16.5. The monoisotopic (exact) mass is 753 g/mol. The van der Waals surface area contributed by atoms with Gasteiger partial charge in [-0.3, -0.25) is 4.79 Å². The van der Waals surface area contributed by atoms with Crippen molar-refractivity contribution in [3.05, 3.63) is 120 Å². The zero-order valence-corrected chi connectivity index (χ0v) is 32.1. The third-order valence-electron chi connectivity index (χ3n) is 9.08. The average Bonchev–Trinajstić information content (AvgIpc) is 4.01. The van der Waals surface area contributed by atoms with E-state index in [1.54, 1.807) is 67.6 Å². The van der Waals surface area contributed by atoms with Gasteiger partial charge in [0.25, 0.3) is 5.91 Å². The molecule has 8 rings (SSSR count). The van der Waals surface area contributed by atoms with Gasteiger partial charge in [0, 0.05) is 73.5 Å². The molecule has 1 N–H and O–H groups in total. The van der Waals surface area contributed by atoms with Crippen molar-refractivity contribution in [3.63, 3.8) is 0 Å². The van der Waals surface area contributed by atoms with Crippen molar-refractivity contribution in [2.75, 3.05) is 28.3 Å². The number of carboxylic acid groups (broad SMARTS) is 1. The Morgan fingerprint density at radius 1 is 0.661 bits per heavy atom. The number of hydrogen-bond acceptors (Lipinski definition) is 10. The van der Waals surface area contributed by atoms with Crippen LogP contribution in [0.15, 0.2) is 85.5 Å². The molecule has 2 aromatic carbocycles. The number of aromatic nitrogens is 10. The number of methoxy groups -OCH3 is 2. The van der Waals surface area contributed by atoms with Crippen LogP contribution in [0, 0.1) is 27.7 Å². The van der Waals surface area contributed by atoms with Gasteiger partial charge >= 0.3 is 5.97 Å². The van der Waals surface area contributed by atoms with Gasteiger partial charge in [0.2, 0.25) is 0 Å². The average molecular weight is 754 g/mol. The molecule has 16 nitrogen and oxygen atoms in total. The standard InChI is InChI=1S/C21H22N6O2.C19H17N5O3/c1-13-11-17(21(28)25(3)4)27-20(23-13)19(14(2)24-27)16-8-7-15(12-18(16)29-5)26-10-6-9-22-26;1-11-9-15(19(25)26)24-18(21-11)17(12(2)22-24)14-6-5-13(10-16(14)27-3)23-8-4-7-20-23/h6-12H,1-5H3;4-10H,1-3H3,(H,25,26). The SMILES string of the molecule is COc1cc(-n2cccn2)ccc1-c1c(C)nn2c(C(=O)N(C)C)cc(C)nc12.COc1cc(-n2cccn2)ccc1-c1c(C)nn2c(C(=O)O)cc(C)nc12. The molecule has 0 saturated heterocycles. The van der Waals surface area contributed by atoms with Gasteiger partial charge in [-0.15, -0.1) is 0 Å². The van der Waals surface area contributed by atoms with E-state index in [1.807, 2.05) is 81.7 Å². The van der Waals surface area contributed by atoms with Crippen LogP contribution in [0.3, 0.4) is 0 Å². The highest BCUT2D eigenvalue weighted by molar-refractivity contribution is 5.94. The molecule has 8 aromatic rings. The summed E-state index contributed by atoms with van der Waals surface area (Å²) in [5.74, 6) is 0.122. The normalized spacial score (nSPS) is 11.1. The van der Waals surface area contributed by atoms with Crippen molar-refractivity contribution in [3.8, 4) is 45.1 Å². The maximum Gasteiger partial charge on any atom is 0.354 e. The van der Waals surface area contributed by atoms with E-state index in [1.165, 1.54) is 15.5 Å². The molecule has 0 aliphatic heterocycles. The van der Waals surface area contributed by atoms with Crippen LogP contribution in [0.4, 0.5) is 0 Å². The number of benzene rings is 2. The van der Waals surface area contributed by atoms with Crippen LogP contribution >= 0.6 is 0 Å². The van der Waals surface area contributed by atoms with E-state index in [0.717, 1.165) is 45.0 Å². The van der Waals surface area contributed by atoms with Crippen LogP contribution in [0.2, 0.25) is 0 Å². The zero-order chi connectivity index (χ0) is 39.8. The molecule has 0 fully saturated rings. The van der Waals surface area contributed by atoms with Crippen molar-refractivity contribution in [1.29, 1.82) is 0 Å². The van der Waals surface area contributed by atoms with Crippen LogP contribution in [-0.4, -0.2) is 99.0 Å². The fourth-order valence-corrected chi connectivity index (χ4v) is 6.55. The van der Waals surface area contributed by atoms with Crippen molar-refractivity contribution in [2.45, 2.75) is 27.7 Å². The Labute approximate surface area is 321 Å². The van der Waals surface area contributed by atoms with Crippen LogP contribution in [0.5, 0.6) is 11.5 Å². The minimum atomic E-state index is -1.06. The number of carbonyl (C=O) groups excluding carboxylic acids is 1. The molecule has 0 bridgehead atoms. The van der Waals surface area contributed by atoms with E-state index in [2.05, 4.69) is 30.4 Å². The second kappa shape index (κ2) is 14.8. The fraction of sp³-hybridized carbons (Fsp3) is 0.200. The lowest BCUT2D eigenvalue weighted by Crippen LogP contribution is -2.24. The largest absolute Gasteiger partial charge is 0.496 e. The van der Waals surface area contributed by atoms with Crippen molar-refractivity contribution < 1.29 is 24.2 Å². The van der Waals surface area contributed by atoms with E-state index < -0.39 is 5.97 Å². The van der Waals surface area contributed by atoms with Crippen LogP contribution in [-0.2, 0) is 0 Å². The minimum absolute atomic E-state index is 0.0685. The molecule has 0 unspecified atom stereocenters. The van der Waals surface area contributed by atoms with Gasteiger partial charge in [0.1, 0.15) is 17.2 Å². The number of hydrogen-bond donors (Lipinski definition) is 1. The minimum Gasteiger partial charge on any atom is -0.496 e. The highest BCUT2D eigenvalue weighted by Gasteiger charge is 2.24. The lowest BCUT2D eigenvalue weighted by molar-refractivity contribution is 0.0686. The summed E-state index contributed by atoms with van der Waals surface area (Å²) in [7, 11) is 6.66. The number of ether oxygens (including phenoxy) is 2. The van der Waals surface area contributed by atoms with Crippen molar-refractivity contribution in [2.24, 2.45) is 0 Å². The first-order valence-electron chi connectivity index (χ1n) is 17.5. The number of aryl methyl sites for hydroxylation is 4. The van der Waals surface area contributed by atoms with Gasteiger partial charge in [0.15, 0.2) is 17.0 Å². The Morgan fingerprint density at radius 2 is 1.11 bits per heavy atom. The molecule has 0 radical (unpaired) electrons. The summed E-state index contributed by atoms with van der Waals surface area (Å²) >= 11 is 0. The number of carboxylic acids is 1. The molecular weight excluding hydrogens is 715 g/mol. The first-order chi connectivity index (χ1) is 26.9. The van der Waals surface area contributed by atoms with Crippen molar-refractivity contribution >= 4 is 23.2 Å². The van der Waals surface area contributed by atoms with Gasteiger partial charge in [-0.05, 0) is 76.2 Å². The van der Waals surface area contributed by atoms with Gasteiger partial charge in [-0.1, -0.05) is 0 Å². The first-order valence-corrected chi connectivity index (χ1v) is 17.5. The smallest absolute Gasteiger partial charge is 0.354 e. The summed E-state index contributed by atoms with van der Waals surface area (Å²) in [6.45, 7) is 7.36. The predicted octanol–water partition coefficient (Wildman–Crippen LogP) is 5.81. The Balaban J connectivity index is 0.000000172. The van der Waals surface area contributed by atoms with Gasteiger partial charge in [-0.25, -0.2) is 33.2 Å². The molecular formula is C40H39N11O5. The number of fused-ring (bicyclic) bond motifs is 2. The summed E-state index contributed by atoms with van der Waals surface area (Å²) in [6.07, 6.45) is 7.15. The topological polar surface area (TPSA) is 172 Å². The number of aromatic carboxylic acids is 1. The first kappa shape index (κ1) is 37.0. The molecule has 6 heterocycles. The molecule has 6 aromatic heterocycles. The quantitative estimate of drug-likeness (QED) is 0.198. The molecule has 16 heteroatoms. The molecule has 0 spiro atoms. The summed E-state index contributed by atoms with van der Waals surface area (Å²) in [4.78, 5) is 35.0. The van der Waals surface area contributed by atoms with Gasteiger partial charge in [-0.2, -0.15) is 20.4 Å². The van der Waals surface area contributed by atoms with E-state index in [0.29, 0.717) is 39.9 Å². The van der Waals surface area contributed by atoms with Crippen LogP contribution in [0.25, 0.3) is 44.9 Å². The summed E-state index contributed by atoms with van der Waals surface area (Å²) < 4.78 is 17.8. The molecule has 0 atom stereocenters. The van der Waals surface area contributed by atoms with E-state index in [4.69, 9.17) is 9.47 Å². The van der Waals surface area contributed by atoms with E-state index >= 15 is 0 Å². The fourth-order valence-electron chi connectivity index (χ4n) is 6.55. The van der Waals surface area contributed by atoms with E-state index in [9.17, 15) is 14.7 Å². The number of amides is 1. The predicted molar refractivity (Wildman–Crippen MR) is 208 cm³/mol. The summed E-state index contributed by atoms with van der Waals surface area (Å²) in [5, 5.41) is 27.0. The molecule has 56 heavy (non-hydrogen) atoms. The molecule has 0 aliphatic carbocycles.